The second kappa shape index (κ2) is 3.77. The molecule has 0 aromatic heterocycles. The molecule has 2 aliphatic heterocycles. The van der Waals surface area contributed by atoms with Crippen molar-refractivity contribution in [3.63, 3.8) is 0 Å². The Balaban J connectivity index is 1.96. The lowest BCUT2D eigenvalue weighted by molar-refractivity contribution is -0.0247. The molecule has 18 heavy (non-hydrogen) atoms. The van der Waals surface area contributed by atoms with Gasteiger partial charge in [-0.25, -0.2) is 0 Å². The maximum atomic E-state index is 12.1. The predicted molar refractivity (Wildman–Crippen MR) is 64.1 cm³/mol. The fourth-order valence-electron chi connectivity index (χ4n) is 2.21. The number of hydrogen-bond acceptors (Lipinski definition) is 4. The zero-order chi connectivity index (χ0) is 12.8. The fraction of sp³-hybridized carbons (Fsp3) is 0.357. The monoisotopic (exact) mass is 246 g/mol. The first-order valence-corrected chi connectivity index (χ1v) is 5.87. The van der Waals surface area contributed by atoms with Gasteiger partial charge in [0.1, 0.15) is 23.9 Å². The van der Waals surface area contributed by atoms with E-state index in [4.69, 9.17) is 14.2 Å². The molecule has 4 nitrogen and oxygen atoms in total. The summed E-state index contributed by atoms with van der Waals surface area (Å²) >= 11 is 0. The molecule has 0 fully saturated rings. The van der Waals surface area contributed by atoms with Gasteiger partial charge in [0.25, 0.3) is 6.29 Å². The molecule has 2 aliphatic rings. The third kappa shape index (κ3) is 1.83. The van der Waals surface area contributed by atoms with Gasteiger partial charge in [-0.2, -0.15) is 0 Å². The summed E-state index contributed by atoms with van der Waals surface area (Å²) in [4.78, 5) is 12.1. The smallest absolute Gasteiger partial charge is 0.266 e. The van der Waals surface area contributed by atoms with Gasteiger partial charge in [-0.1, -0.05) is 0 Å². The summed E-state index contributed by atoms with van der Waals surface area (Å²) in [5, 5.41) is 0. The Labute approximate surface area is 105 Å². The van der Waals surface area contributed by atoms with Gasteiger partial charge in [-0.15, -0.1) is 0 Å². The molecule has 0 radical (unpaired) electrons. The van der Waals surface area contributed by atoms with Gasteiger partial charge >= 0.3 is 0 Å². The van der Waals surface area contributed by atoms with Gasteiger partial charge in [0, 0.05) is 5.56 Å². The van der Waals surface area contributed by atoms with Crippen molar-refractivity contribution in [2.24, 2.45) is 0 Å². The van der Waals surface area contributed by atoms with Crippen LogP contribution in [0.2, 0.25) is 0 Å². The second-order valence-corrected chi connectivity index (χ2v) is 5.09. The van der Waals surface area contributed by atoms with Crippen molar-refractivity contribution in [3.8, 4) is 5.75 Å². The lowest BCUT2D eigenvalue weighted by atomic mass is 9.92. The molecule has 0 spiro atoms. The molecule has 0 amide bonds. The summed E-state index contributed by atoms with van der Waals surface area (Å²) in [5.41, 5.74) is 0.981. The van der Waals surface area contributed by atoms with E-state index in [1.807, 2.05) is 19.9 Å². The SMILES string of the molecule is CC1(C)CC(=O)c2cc(C3OC=CO3)ccc2O1. The summed E-state index contributed by atoms with van der Waals surface area (Å²) < 4.78 is 16.3. The topological polar surface area (TPSA) is 44.8 Å². The number of Topliss-reactive ketones (excluding diaryl/α,β-unsaturated/α-hetero) is 1. The van der Waals surface area contributed by atoms with E-state index in [1.165, 1.54) is 12.5 Å². The summed E-state index contributed by atoms with van der Waals surface area (Å²) in [6.45, 7) is 3.82. The van der Waals surface area contributed by atoms with Crippen LogP contribution in [-0.2, 0) is 9.47 Å². The highest BCUT2D eigenvalue weighted by Crippen LogP contribution is 2.35. The molecule has 2 heterocycles. The number of rotatable bonds is 1. The van der Waals surface area contributed by atoms with E-state index < -0.39 is 11.9 Å². The zero-order valence-corrected chi connectivity index (χ0v) is 10.3. The minimum Gasteiger partial charge on any atom is -0.487 e. The maximum absolute atomic E-state index is 12.1. The summed E-state index contributed by atoms with van der Waals surface area (Å²) in [6.07, 6.45) is 2.91. The van der Waals surface area contributed by atoms with E-state index in [9.17, 15) is 4.79 Å². The Morgan fingerprint density at radius 2 is 1.94 bits per heavy atom. The molecule has 3 rings (SSSR count). The quantitative estimate of drug-likeness (QED) is 0.764. The van der Waals surface area contributed by atoms with Gasteiger partial charge in [0.2, 0.25) is 0 Å². The Morgan fingerprint density at radius 1 is 1.22 bits per heavy atom. The number of ketones is 1. The molecule has 0 N–H and O–H groups in total. The summed E-state index contributed by atoms with van der Waals surface area (Å²) in [7, 11) is 0. The third-order valence-corrected chi connectivity index (χ3v) is 3.01. The Kier molecular flexibility index (Phi) is 2.33. The standard InChI is InChI=1S/C14H14O4/c1-14(2)8-11(15)10-7-9(3-4-12(10)18-14)13-16-5-6-17-13/h3-7,13H,8H2,1-2H3. The Hall–Kier alpha value is -1.97. The van der Waals surface area contributed by atoms with Gasteiger partial charge < -0.3 is 14.2 Å². The van der Waals surface area contributed by atoms with E-state index in [0.29, 0.717) is 17.7 Å². The van der Waals surface area contributed by atoms with Crippen molar-refractivity contribution in [1.29, 1.82) is 0 Å². The molecule has 0 saturated heterocycles. The highest BCUT2D eigenvalue weighted by Gasteiger charge is 2.33. The van der Waals surface area contributed by atoms with Crippen LogP contribution in [0.4, 0.5) is 0 Å². The van der Waals surface area contributed by atoms with Crippen molar-refractivity contribution in [1.82, 2.24) is 0 Å². The van der Waals surface area contributed by atoms with Gasteiger partial charge in [-0.3, -0.25) is 4.79 Å². The highest BCUT2D eigenvalue weighted by atomic mass is 16.7. The molecule has 4 heteroatoms. The van der Waals surface area contributed by atoms with Gasteiger partial charge in [-0.05, 0) is 32.0 Å². The average molecular weight is 246 g/mol. The number of ether oxygens (including phenoxy) is 3. The van der Waals surface area contributed by atoms with Crippen molar-refractivity contribution < 1.29 is 19.0 Å². The number of carbonyl (C=O) groups excluding carboxylic acids is 1. The number of benzene rings is 1. The van der Waals surface area contributed by atoms with Crippen molar-refractivity contribution in [2.75, 3.05) is 0 Å². The molecule has 0 aliphatic carbocycles. The van der Waals surface area contributed by atoms with E-state index >= 15 is 0 Å². The minimum atomic E-state index is -0.460. The van der Waals surface area contributed by atoms with Crippen LogP contribution in [-0.4, -0.2) is 11.4 Å². The van der Waals surface area contributed by atoms with Crippen LogP contribution in [0.5, 0.6) is 5.75 Å². The molecule has 1 aromatic carbocycles. The Morgan fingerprint density at radius 3 is 2.67 bits per heavy atom. The van der Waals surface area contributed by atoms with Crippen molar-refractivity contribution in [2.45, 2.75) is 32.2 Å². The first kappa shape index (κ1) is 11.1. The van der Waals surface area contributed by atoms with E-state index in [2.05, 4.69) is 0 Å². The highest BCUT2D eigenvalue weighted by molar-refractivity contribution is 6.00. The van der Waals surface area contributed by atoms with Crippen molar-refractivity contribution in [3.05, 3.63) is 41.9 Å². The lowest BCUT2D eigenvalue weighted by Crippen LogP contribution is -2.35. The average Bonchev–Trinajstić information content (AvgIpc) is 2.80. The first-order chi connectivity index (χ1) is 8.55. The first-order valence-electron chi connectivity index (χ1n) is 5.87. The molecule has 0 bridgehead atoms. The lowest BCUT2D eigenvalue weighted by Gasteiger charge is -2.31. The second-order valence-electron chi connectivity index (χ2n) is 5.09. The predicted octanol–water partition coefficient (Wildman–Crippen LogP) is 2.95. The minimum absolute atomic E-state index is 0.0917. The normalized spacial score (nSPS) is 20.9. The largest absolute Gasteiger partial charge is 0.487 e. The fourth-order valence-corrected chi connectivity index (χ4v) is 2.21. The van der Waals surface area contributed by atoms with Crippen LogP contribution in [0.3, 0.4) is 0 Å². The molecule has 0 unspecified atom stereocenters. The van der Waals surface area contributed by atoms with Gasteiger partial charge in [0.15, 0.2) is 5.78 Å². The molecular weight excluding hydrogens is 232 g/mol. The number of carbonyl (C=O) groups is 1. The van der Waals surface area contributed by atoms with Crippen LogP contribution in [0.15, 0.2) is 30.7 Å². The van der Waals surface area contributed by atoms with E-state index in [1.54, 1.807) is 12.1 Å². The van der Waals surface area contributed by atoms with Crippen LogP contribution < -0.4 is 4.74 Å². The molecule has 1 aromatic rings. The van der Waals surface area contributed by atoms with Crippen LogP contribution >= 0.6 is 0 Å². The maximum Gasteiger partial charge on any atom is 0.266 e. The number of fused-ring (bicyclic) bond motifs is 1. The molecular formula is C14H14O4. The zero-order valence-electron chi connectivity index (χ0n) is 10.3. The summed E-state index contributed by atoms with van der Waals surface area (Å²) in [5.74, 6) is 0.722. The van der Waals surface area contributed by atoms with Crippen LogP contribution in [0, 0.1) is 0 Å². The molecule has 0 saturated carbocycles. The van der Waals surface area contributed by atoms with E-state index in [-0.39, 0.29) is 5.78 Å². The summed E-state index contributed by atoms with van der Waals surface area (Å²) in [6, 6.07) is 5.43. The van der Waals surface area contributed by atoms with Crippen LogP contribution in [0.25, 0.3) is 0 Å². The molecule has 94 valence electrons. The van der Waals surface area contributed by atoms with Gasteiger partial charge in [0.05, 0.1) is 12.0 Å². The van der Waals surface area contributed by atoms with E-state index in [0.717, 1.165) is 5.56 Å². The van der Waals surface area contributed by atoms with Crippen molar-refractivity contribution >= 4 is 5.78 Å². The molecule has 0 atom stereocenters. The third-order valence-electron chi connectivity index (χ3n) is 3.01. The van der Waals surface area contributed by atoms with Crippen LogP contribution in [0.1, 0.15) is 42.5 Å². The Bertz CT molecular complexity index is 523. The number of hydrogen-bond donors (Lipinski definition) is 0.